The molecule has 2 unspecified atom stereocenters. The van der Waals surface area contributed by atoms with Crippen LogP contribution in [0.3, 0.4) is 0 Å². The average Bonchev–Trinajstić information content (AvgIpc) is 2.56. The van der Waals surface area contributed by atoms with Crippen LogP contribution >= 0.6 is 0 Å². The summed E-state index contributed by atoms with van der Waals surface area (Å²) in [6.45, 7) is 2.55. The number of nitrogens with zero attached hydrogens (tertiary/aromatic N) is 1. The molecule has 0 radical (unpaired) electrons. The van der Waals surface area contributed by atoms with Crippen LogP contribution < -0.4 is 0 Å². The van der Waals surface area contributed by atoms with Gasteiger partial charge in [-0.2, -0.15) is 0 Å². The quantitative estimate of drug-likeness (QED) is 0.641. The van der Waals surface area contributed by atoms with E-state index >= 15 is 0 Å². The Kier molecular flexibility index (Phi) is 2.66. The van der Waals surface area contributed by atoms with Crippen LogP contribution in [0.1, 0.15) is 38.5 Å². The predicted octanol–water partition coefficient (Wildman–Crippen LogP) is 1.39. The number of hydrogen-bond donors (Lipinski definition) is 1. The molecule has 0 aromatic carbocycles. The summed E-state index contributed by atoms with van der Waals surface area (Å²) in [5.74, 6) is 0. The number of hydrogen-bond acceptors (Lipinski definition) is 2. The topological polar surface area (TPSA) is 23.5 Å². The normalized spacial score (nSPS) is 38.8. The average molecular weight is 169 g/mol. The lowest BCUT2D eigenvalue weighted by Gasteiger charge is -2.33. The van der Waals surface area contributed by atoms with Crippen LogP contribution in [0.5, 0.6) is 0 Å². The van der Waals surface area contributed by atoms with Gasteiger partial charge >= 0.3 is 0 Å². The number of rotatable bonds is 1. The van der Waals surface area contributed by atoms with Crippen LogP contribution in [0.4, 0.5) is 0 Å². The summed E-state index contributed by atoms with van der Waals surface area (Å²) >= 11 is 0. The van der Waals surface area contributed by atoms with Gasteiger partial charge in [0.1, 0.15) is 0 Å². The second kappa shape index (κ2) is 3.75. The van der Waals surface area contributed by atoms with Gasteiger partial charge in [-0.3, -0.25) is 0 Å². The minimum atomic E-state index is -0.00986. The van der Waals surface area contributed by atoms with E-state index in [1.165, 1.54) is 38.8 Å². The van der Waals surface area contributed by atoms with Gasteiger partial charge < -0.3 is 10.0 Å². The molecule has 1 N–H and O–H groups in total. The Bertz CT molecular complexity index is 143. The zero-order chi connectivity index (χ0) is 8.39. The third kappa shape index (κ3) is 1.80. The van der Waals surface area contributed by atoms with E-state index in [1.54, 1.807) is 0 Å². The summed E-state index contributed by atoms with van der Waals surface area (Å²) in [6, 6.07) is 0.705. The van der Waals surface area contributed by atoms with Crippen molar-refractivity contribution in [2.24, 2.45) is 0 Å². The molecule has 2 rings (SSSR count). The smallest absolute Gasteiger partial charge is 0.0555 e. The molecule has 0 bridgehead atoms. The molecule has 2 aliphatic rings. The number of aliphatic hydroxyl groups is 1. The highest BCUT2D eigenvalue weighted by Crippen LogP contribution is 2.25. The first-order chi connectivity index (χ1) is 5.86. The molecule has 1 saturated heterocycles. The van der Waals surface area contributed by atoms with E-state index in [0.717, 1.165) is 12.8 Å². The standard InChI is InChI=1S/C10H19NO/c12-10-5-3-4-9(8-10)11-6-1-2-7-11/h9-10,12H,1-8H2. The van der Waals surface area contributed by atoms with Crippen molar-refractivity contribution in [2.45, 2.75) is 50.7 Å². The van der Waals surface area contributed by atoms with Gasteiger partial charge in [0.15, 0.2) is 0 Å². The fourth-order valence-electron chi connectivity index (χ4n) is 2.58. The lowest BCUT2D eigenvalue weighted by atomic mass is 9.92. The third-order valence-electron chi connectivity index (χ3n) is 3.28. The summed E-state index contributed by atoms with van der Waals surface area (Å²) in [5, 5.41) is 9.51. The maximum Gasteiger partial charge on any atom is 0.0555 e. The zero-order valence-corrected chi connectivity index (χ0v) is 7.71. The van der Waals surface area contributed by atoms with E-state index in [9.17, 15) is 5.11 Å². The molecule has 1 heterocycles. The number of aliphatic hydroxyl groups excluding tert-OH is 1. The molecular formula is C10H19NO. The Labute approximate surface area is 74.6 Å². The molecular weight excluding hydrogens is 150 g/mol. The second-order valence-electron chi connectivity index (χ2n) is 4.22. The van der Waals surface area contributed by atoms with Crippen LogP contribution in [-0.2, 0) is 0 Å². The molecule has 2 fully saturated rings. The highest BCUT2D eigenvalue weighted by Gasteiger charge is 2.26. The van der Waals surface area contributed by atoms with E-state index in [2.05, 4.69) is 4.90 Å². The van der Waals surface area contributed by atoms with Crippen LogP contribution in [0.25, 0.3) is 0 Å². The minimum absolute atomic E-state index is 0.00986. The second-order valence-corrected chi connectivity index (χ2v) is 4.22. The van der Waals surface area contributed by atoms with Crippen molar-refractivity contribution in [2.75, 3.05) is 13.1 Å². The van der Waals surface area contributed by atoms with Gasteiger partial charge in [-0.15, -0.1) is 0 Å². The van der Waals surface area contributed by atoms with E-state index in [1.807, 2.05) is 0 Å². The van der Waals surface area contributed by atoms with Crippen molar-refractivity contribution in [3.05, 3.63) is 0 Å². The molecule has 1 aliphatic heterocycles. The van der Waals surface area contributed by atoms with Gasteiger partial charge in [0.05, 0.1) is 6.10 Å². The van der Waals surface area contributed by atoms with Crippen molar-refractivity contribution in [3.63, 3.8) is 0 Å². The van der Waals surface area contributed by atoms with E-state index in [0.29, 0.717) is 6.04 Å². The molecule has 12 heavy (non-hydrogen) atoms. The summed E-state index contributed by atoms with van der Waals surface area (Å²) in [4.78, 5) is 2.57. The number of likely N-dealkylation sites (tertiary alicyclic amines) is 1. The lowest BCUT2D eigenvalue weighted by molar-refractivity contribution is 0.0722. The Morgan fingerprint density at radius 3 is 2.42 bits per heavy atom. The first-order valence-corrected chi connectivity index (χ1v) is 5.28. The molecule has 0 aromatic heterocycles. The summed E-state index contributed by atoms with van der Waals surface area (Å²) in [5.41, 5.74) is 0. The van der Waals surface area contributed by atoms with Gasteiger partial charge in [-0.05, 0) is 51.6 Å². The SMILES string of the molecule is OC1CCCC(N2CCCC2)C1. The van der Waals surface area contributed by atoms with Gasteiger partial charge in [0.25, 0.3) is 0 Å². The van der Waals surface area contributed by atoms with Gasteiger partial charge in [0.2, 0.25) is 0 Å². The Balaban J connectivity index is 1.85. The molecule has 2 nitrogen and oxygen atoms in total. The zero-order valence-electron chi connectivity index (χ0n) is 7.71. The van der Waals surface area contributed by atoms with Gasteiger partial charge in [-0.25, -0.2) is 0 Å². The Hall–Kier alpha value is -0.0800. The summed E-state index contributed by atoms with van der Waals surface area (Å²) in [6.07, 6.45) is 7.33. The van der Waals surface area contributed by atoms with E-state index < -0.39 is 0 Å². The van der Waals surface area contributed by atoms with Crippen molar-refractivity contribution in [1.29, 1.82) is 0 Å². The maximum atomic E-state index is 9.51. The Morgan fingerprint density at radius 1 is 1.00 bits per heavy atom. The summed E-state index contributed by atoms with van der Waals surface area (Å²) < 4.78 is 0. The van der Waals surface area contributed by atoms with Crippen LogP contribution in [-0.4, -0.2) is 35.2 Å². The largest absolute Gasteiger partial charge is 0.393 e. The molecule has 0 amide bonds. The fourth-order valence-corrected chi connectivity index (χ4v) is 2.58. The van der Waals surface area contributed by atoms with Crippen LogP contribution in [0, 0.1) is 0 Å². The lowest BCUT2D eigenvalue weighted by Crippen LogP contribution is -2.38. The van der Waals surface area contributed by atoms with Crippen molar-refractivity contribution in [1.82, 2.24) is 4.90 Å². The van der Waals surface area contributed by atoms with Gasteiger partial charge in [0, 0.05) is 6.04 Å². The van der Waals surface area contributed by atoms with E-state index in [-0.39, 0.29) is 6.10 Å². The van der Waals surface area contributed by atoms with E-state index in [4.69, 9.17) is 0 Å². The monoisotopic (exact) mass is 169 g/mol. The molecule has 1 saturated carbocycles. The Morgan fingerprint density at radius 2 is 1.75 bits per heavy atom. The maximum absolute atomic E-state index is 9.51. The molecule has 2 heteroatoms. The molecule has 70 valence electrons. The van der Waals surface area contributed by atoms with Crippen LogP contribution in [0.15, 0.2) is 0 Å². The fraction of sp³-hybridized carbons (Fsp3) is 1.00. The van der Waals surface area contributed by atoms with Crippen molar-refractivity contribution in [3.8, 4) is 0 Å². The molecule has 2 atom stereocenters. The van der Waals surface area contributed by atoms with Crippen molar-refractivity contribution >= 4 is 0 Å². The van der Waals surface area contributed by atoms with Gasteiger partial charge in [-0.1, -0.05) is 0 Å². The summed E-state index contributed by atoms with van der Waals surface area (Å²) in [7, 11) is 0. The molecule has 0 aromatic rings. The first-order valence-electron chi connectivity index (χ1n) is 5.28. The van der Waals surface area contributed by atoms with Crippen molar-refractivity contribution < 1.29 is 5.11 Å². The molecule has 1 aliphatic carbocycles. The first kappa shape index (κ1) is 8.52. The third-order valence-corrected chi connectivity index (χ3v) is 3.28. The highest BCUT2D eigenvalue weighted by molar-refractivity contribution is 4.82. The minimum Gasteiger partial charge on any atom is -0.393 e. The molecule has 0 spiro atoms. The predicted molar refractivity (Wildman–Crippen MR) is 49.1 cm³/mol. The van der Waals surface area contributed by atoms with Crippen LogP contribution in [0.2, 0.25) is 0 Å². The highest BCUT2D eigenvalue weighted by atomic mass is 16.3.